The van der Waals surface area contributed by atoms with Gasteiger partial charge in [-0.1, -0.05) is 0 Å². The van der Waals surface area contributed by atoms with E-state index < -0.39 is 0 Å². The van der Waals surface area contributed by atoms with Gasteiger partial charge in [-0.15, -0.1) is 0 Å². The third-order valence-corrected chi connectivity index (χ3v) is 3.25. The highest BCUT2D eigenvalue weighted by Gasteiger charge is 2.16. The topological polar surface area (TPSA) is 61.4 Å². The number of hydrogen-bond acceptors (Lipinski definition) is 5. The van der Waals surface area contributed by atoms with Crippen molar-refractivity contribution in [2.45, 2.75) is 27.7 Å². The highest BCUT2D eigenvalue weighted by Crippen LogP contribution is 2.20. The molecule has 6 heteroatoms. The van der Waals surface area contributed by atoms with Crippen molar-refractivity contribution in [3.05, 3.63) is 11.9 Å². The first-order valence-electron chi connectivity index (χ1n) is 7.09. The maximum absolute atomic E-state index is 12.1. The molecule has 6 nitrogen and oxygen atoms in total. The van der Waals surface area contributed by atoms with Gasteiger partial charge in [-0.3, -0.25) is 4.79 Å². The van der Waals surface area contributed by atoms with Crippen molar-refractivity contribution in [1.29, 1.82) is 0 Å². The number of carbonyl (C=O) groups excluding carboxylic acids is 1. The Morgan fingerprint density at radius 1 is 1.25 bits per heavy atom. The summed E-state index contributed by atoms with van der Waals surface area (Å²) in [4.78, 5) is 24.3. The lowest BCUT2D eigenvalue weighted by Crippen LogP contribution is -2.39. The van der Waals surface area contributed by atoms with Crippen molar-refractivity contribution in [2.75, 3.05) is 43.4 Å². The molecule has 0 atom stereocenters. The summed E-state index contributed by atoms with van der Waals surface area (Å²) < 4.78 is 0. The highest BCUT2D eigenvalue weighted by molar-refractivity contribution is 5.81. The van der Waals surface area contributed by atoms with Crippen LogP contribution in [0.1, 0.15) is 26.3 Å². The minimum absolute atomic E-state index is 0.112. The molecule has 0 aliphatic rings. The number of nitrogens with one attached hydrogen (secondary N) is 1. The Kier molecular flexibility index (Phi) is 6.21. The van der Waals surface area contributed by atoms with Crippen LogP contribution in [0.4, 0.5) is 11.6 Å². The monoisotopic (exact) mass is 279 g/mol. The smallest absolute Gasteiger partial charge is 0.242 e. The van der Waals surface area contributed by atoms with Crippen molar-refractivity contribution in [3.8, 4) is 0 Å². The number of hydrogen-bond donors (Lipinski definition) is 1. The molecule has 0 fully saturated rings. The molecule has 1 N–H and O–H groups in total. The van der Waals surface area contributed by atoms with Crippen molar-refractivity contribution in [3.63, 3.8) is 0 Å². The van der Waals surface area contributed by atoms with Crippen LogP contribution in [-0.4, -0.2) is 54.0 Å². The Morgan fingerprint density at radius 3 is 2.45 bits per heavy atom. The Bertz CT molecular complexity index is 445. The van der Waals surface area contributed by atoms with Crippen LogP contribution < -0.4 is 10.2 Å². The lowest BCUT2D eigenvalue weighted by Gasteiger charge is -2.25. The maximum Gasteiger partial charge on any atom is 0.242 e. The molecule has 0 aromatic carbocycles. The first-order valence-corrected chi connectivity index (χ1v) is 7.09. The molecule has 112 valence electrons. The number of aromatic nitrogens is 2. The minimum atomic E-state index is 0.112. The van der Waals surface area contributed by atoms with Crippen LogP contribution >= 0.6 is 0 Å². The van der Waals surface area contributed by atoms with Gasteiger partial charge >= 0.3 is 0 Å². The van der Waals surface area contributed by atoms with Crippen LogP contribution in [0.15, 0.2) is 6.33 Å². The molecule has 1 amide bonds. The summed E-state index contributed by atoms with van der Waals surface area (Å²) >= 11 is 0. The molecule has 0 bridgehead atoms. The van der Waals surface area contributed by atoms with Crippen LogP contribution in [0.5, 0.6) is 0 Å². The highest BCUT2D eigenvalue weighted by atomic mass is 16.2. The van der Waals surface area contributed by atoms with Crippen LogP contribution in [0.2, 0.25) is 0 Å². The lowest BCUT2D eigenvalue weighted by molar-refractivity contribution is -0.129. The van der Waals surface area contributed by atoms with Gasteiger partial charge < -0.3 is 15.1 Å². The van der Waals surface area contributed by atoms with E-state index in [1.54, 1.807) is 0 Å². The molecule has 1 heterocycles. The predicted molar refractivity (Wildman–Crippen MR) is 82.1 cm³/mol. The molecule has 0 aliphatic carbocycles. The number of amides is 1. The zero-order valence-electron chi connectivity index (χ0n) is 13.1. The van der Waals surface area contributed by atoms with Gasteiger partial charge in [0.05, 0.1) is 6.54 Å². The summed E-state index contributed by atoms with van der Waals surface area (Å²) in [7, 11) is 1.88. The van der Waals surface area contributed by atoms with E-state index in [-0.39, 0.29) is 5.91 Å². The number of carbonyl (C=O) groups is 1. The molecular weight excluding hydrogens is 254 g/mol. The van der Waals surface area contributed by atoms with Crippen LogP contribution in [0.3, 0.4) is 0 Å². The van der Waals surface area contributed by atoms with Crippen molar-refractivity contribution in [1.82, 2.24) is 14.9 Å². The third-order valence-electron chi connectivity index (χ3n) is 3.25. The first kappa shape index (κ1) is 16.2. The summed E-state index contributed by atoms with van der Waals surface area (Å²) in [5.74, 6) is 1.72. The molecule has 1 aromatic heterocycles. The molecule has 0 radical (unpaired) electrons. The van der Waals surface area contributed by atoms with Gasteiger partial charge in [-0.25, -0.2) is 9.97 Å². The second-order valence-electron chi connectivity index (χ2n) is 4.62. The molecule has 20 heavy (non-hydrogen) atoms. The predicted octanol–water partition coefficient (Wildman–Crippen LogP) is 1.52. The van der Waals surface area contributed by atoms with E-state index in [4.69, 9.17) is 0 Å². The van der Waals surface area contributed by atoms with E-state index >= 15 is 0 Å². The van der Waals surface area contributed by atoms with Crippen LogP contribution in [0, 0.1) is 6.92 Å². The molecule has 1 aromatic rings. The van der Waals surface area contributed by atoms with Gasteiger partial charge in [0.2, 0.25) is 5.91 Å². The second-order valence-corrected chi connectivity index (χ2v) is 4.62. The summed E-state index contributed by atoms with van der Waals surface area (Å²) in [5.41, 5.74) is 0.962. The molecule has 0 unspecified atom stereocenters. The summed E-state index contributed by atoms with van der Waals surface area (Å²) in [5, 5.41) is 3.20. The molecule has 0 saturated heterocycles. The van der Waals surface area contributed by atoms with Gasteiger partial charge in [0.1, 0.15) is 18.0 Å². The van der Waals surface area contributed by atoms with Gasteiger partial charge in [-0.05, 0) is 27.7 Å². The van der Waals surface area contributed by atoms with E-state index in [1.807, 2.05) is 44.5 Å². The minimum Gasteiger partial charge on any atom is -0.370 e. The molecule has 1 rings (SSSR count). The third kappa shape index (κ3) is 3.82. The van der Waals surface area contributed by atoms with Crippen LogP contribution in [0.25, 0.3) is 0 Å². The fourth-order valence-electron chi connectivity index (χ4n) is 2.13. The number of likely N-dealkylation sites (N-methyl/N-ethyl adjacent to an activating group) is 2. The van der Waals surface area contributed by atoms with Gasteiger partial charge in [0, 0.05) is 32.2 Å². The Labute approximate surface area is 121 Å². The number of nitrogens with zero attached hydrogens (tertiary/aromatic N) is 4. The largest absolute Gasteiger partial charge is 0.370 e. The lowest BCUT2D eigenvalue weighted by atomic mass is 10.3. The van der Waals surface area contributed by atoms with Crippen molar-refractivity contribution < 1.29 is 4.79 Å². The number of rotatable bonds is 7. The van der Waals surface area contributed by atoms with Crippen molar-refractivity contribution >= 4 is 17.5 Å². The normalized spacial score (nSPS) is 10.2. The van der Waals surface area contributed by atoms with E-state index in [0.29, 0.717) is 6.54 Å². The van der Waals surface area contributed by atoms with Gasteiger partial charge in [0.15, 0.2) is 0 Å². The Morgan fingerprint density at radius 2 is 1.90 bits per heavy atom. The van der Waals surface area contributed by atoms with Crippen LogP contribution in [-0.2, 0) is 4.79 Å². The average Bonchev–Trinajstić information content (AvgIpc) is 2.42. The molecule has 0 aliphatic heterocycles. The summed E-state index contributed by atoms with van der Waals surface area (Å²) in [6, 6.07) is 0. The zero-order valence-corrected chi connectivity index (χ0v) is 13.1. The SMILES string of the molecule is CCNc1ncnc(N(C)CC(=O)N(CC)CC)c1C. The average molecular weight is 279 g/mol. The maximum atomic E-state index is 12.1. The van der Waals surface area contributed by atoms with E-state index in [0.717, 1.165) is 36.8 Å². The fraction of sp³-hybridized carbons (Fsp3) is 0.643. The Hall–Kier alpha value is -1.85. The van der Waals surface area contributed by atoms with Gasteiger partial charge in [0.25, 0.3) is 0 Å². The molecular formula is C14H25N5O. The van der Waals surface area contributed by atoms with E-state index in [1.165, 1.54) is 6.33 Å². The first-order chi connectivity index (χ1) is 9.54. The summed E-state index contributed by atoms with van der Waals surface area (Å²) in [6.07, 6.45) is 1.53. The molecule has 0 spiro atoms. The van der Waals surface area contributed by atoms with E-state index in [2.05, 4.69) is 15.3 Å². The number of anilines is 2. The summed E-state index contributed by atoms with van der Waals surface area (Å²) in [6.45, 7) is 10.6. The van der Waals surface area contributed by atoms with Crippen molar-refractivity contribution in [2.24, 2.45) is 0 Å². The zero-order chi connectivity index (χ0) is 15.1. The van der Waals surface area contributed by atoms with Gasteiger partial charge in [-0.2, -0.15) is 0 Å². The standard InChI is InChI=1S/C14H25N5O/c1-6-15-13-11(4)14(17-10-16-13)18(5)9-12(20)19(7-2)8-3/h10H,6-9H2,1-5H3,(H,15,16,17). The molecule has 0 saturated carbocycles. The van der Waals surface area contributed by atoms with E-state index in [9.17, 15) is 4.79 Å². The fourth-order valence-corrected chi connectivity index (χ4v) is 2.13. The quantitative estimate of drug-likeness (QED) is 0.820. The Balaban J connectivity index is 2.84. The second kappa shape index (κ2) is 7.67.